The van der Waals surface area contributed by atoms with Gasteiger partial charge in [-0.05, 0) is 22.3 Å². The molecule has 0 unspecified atom stereocenters. The molecular formula is C29H29NO. The van der Waals surface area contributed by atoms with Crippen LogP contribution < -0.4 is 0 Å². The van der Waals surface area contributed by atoms with Gasteiger partial charge in [-0.3, -0.25) is 4.90 Å². The molecule has 0 radical (unpaired) electrons. The number of rotatable bonds is 9. The average Bonchev–Trinajstić information content (AvgIpc) is 2.84. The Hall–Kier alpha value is -3.20. The predicted molar refractivity (Wildman–Crippen MR) is 128 cm³/mol. The van der Waals surface area contributed by atoms with Crippen molar-refractivity contribution in [3.8, 4) is 0 Å². The topological polar surface area (TPSA) is 23.5 Å². The molecule has 4 rings (SSSR count). The fourth-order valence-electron chi connectivity index (χ4n) is 4.32. The van der Waals surface area contributed by atoms with Crippen LogP contribution in [0.3, 0.4) is 0 Å². The van der Waals surface area contributed by atoms with E-state index in [2.05, 4.69) is 102 Å². The first-order valence-corrected chi connectivity index (χ1v) is 10.9. The third-order valence-electron chi connectivity index (χ3n) is 5.82. The maximum atomic E-state index is 10.7. The van der Waals surface area contributed by atoms with Gasteiger partial charge >= 0.3 is 0 Å². The number of hydrogen-bond acceptors (Lipinski definition) is 2. The molecular weight excluding hydrogens is 378 g/mol. The number of nitrogens with zero attached hydrogens (tertiary/aromatic N) is 1. The van der Waals surface area contributed by atoms with E-state index >= 15 is 0 Å². The highest BCUT2D eigenvalue weighted by Crippen LogP contribution is 2.32. The molecule has 1 atom stereocenters. The highest BCUT2D eigenvalue weighted by atomic mass is 16.3. The Morgan fingerprint density at radius 1 is 0.516 bits per heavy atom. The molecule has 0 saturated heterocycles. The fourth-order valence-corrected chi connectivity index (χ4v) is 4.32. The van der Waals surface area contributed by atoms with Crippen molar-refractivity contribution in [3.05, 3.63) is 144 Å². The van der Waals surface area contributed by atoms with Gasteiger partial charge in [-0.1, -0.05) is 121 Å². The Balaban J connectivity index is 1.74. The third kappa shape index (κ3) is 5.49. The minimum absolute atomic E-state index is 0.0646. The Morgan fingerprint density at radius 3 is 1.23 bits per heavy atom. The highest BCUT2D eigenvalue weighted by Gasteiger charge is 2.30. The third-order valence-corrected chi connectivity index (χ3v) is 5.82. The molecule has 0 spiro atoms. The summed E-state index contributed by atoms with van der Waals surface area (Å²) in [7, 11) is 0. The lowest BCUT2D eigenvalue weighted by Gasteiger charge is -2.37. The molecule has 0 heterocycles. The van der Waals surface area contributed by atoms with E-state index in [1.54, 1.807) is 0 Å². The molecule has 0 aliphatic carbocycles. The van der Waals surface area contributed by atoms with Crippen LogP contribution in [0.5, 0.6) is 0 Å². The zero-order chi connectivity index (χ0) is 21.3. The van der Waals surface area contributed by atoms with Crippen LogP contribution in [0.2, 0.25) is 0 Å². The minimum Gasteiger partial charge on any atom is -0.395 e. The normalized spacial score (nSPS) is 12.2. The highest BCUT2D eigenvalue weighted by molar-refractivity contribution is 5.35. The Morgan fingerprint density at radius 2 is 0.871 bits per heavy atom. The van der Waals surface area contributed by atoms with Crippen molar-refractivity contribution in [2.45, 2.75) is 25.0 Å². The van der Waals surface area contributed by atoms with Crippen LogP contribution in [0.15, 0.2) is 121 Å². The average molecular weight is 408 g/mol. The van der Waals surface area contributed by atoms with Crippen LogP contribution in [0.25, 0.3) is 0 Å². The summed E-state index contributed by atoms with van der Waals surface area (Å²) in [5, 5.41) is 10.7. The number of benzene rings is 4. The summed E-state index contributed by atoms with van der Waals surface area (Å²) in [5.74, 6) is 0.0693. The van der Waals surface area contributed by atoms with Crippen molar-refractivity contribution >= 4 is 0 Å². The van der Waals surface area contributed by atoms with E-state index in [1.165, 1.54) is 22.3 Å². The first kappa shape index (κ1) is 21.0. The molecule has 0 bridgehead atoms. The fraction of sp³-hybridized carbons (Fsp3) is 0.172. The van der Waals surface area contributed by atoms with E-state index in [0.717, 1.165) is 13.1 Å². The standard InChI is InChI=1S/C29H29NO/c31-23-28(29(26-17-9-3-10-18-26)27-19-11-4-12-20-27)30(21-24-13-5-1-6-14-24)22-25-15-7-2-8-16-25/h1-20,28-29,31H,21-23H2/t28-/m1/s1. The molecule has 0 amide bonds. The van der Waals surface area contributed by atoms with Crippen molar-refractivity contribution < 1.29 is 5.11 Å². The largest absolute Gasteiger partial charge is 0.395 e. The summed E-state index contributed by atoms with van der Waals surface area (Å²) in [5.41, 5.74) is 4.94. The van der Waals surface area contributed by atoms with Gasteiger partial charge in [0.05, 0.1) is 6.61 Å². The second-order valence-corrected chi connectivity index (χ2v) is 7.93. The van der Waals surface area contributed by atoms with Crippen molar-refractivity contribution in [1.29, 1.82) is 0 Å². The molecule has 0 fully saturated rings. The summed E-state index contributed by atoms with van der Waals surface area (Å²) in [4.78, 5) is 2.41. The molecule has 1 N–H and O–H groups in total. The van der Waals surface area contributed by atoms with Crippen LogP contribution in [-0.2, 0) is 13.1 Å². The van der Waals surface area contributed by atoms with Gasteiger partial charge in [0, 0.05) is 25.0 Å². The number of hydrogen-bond donors (Lipinski definition) is 1. The van der Waals surface area contributed by atoms with Gasteiger partial charge in [-0.2, -0.15) is 0 Å². The zero-order valence-corrected chi connectivity index (χ0v) is 17.7. The molecule has 4 aromatic carbocycles. The quantitative estimate of drug-likeness (QED) is 0.374. The number of aliphatic hydroxyl groups excluding tert-OH is 1. The summed E-state index contributed by atoms with van der Waals surface area (Å²) < 4.78 is 0. The second-order valence-electron chi connectivity index (χ2n) is 7.93. The molecule has 0 aliphatic rings. The minimum atomic E-state index is -0.0646. The summed E-state index contributed by atoms with van der Waals surface area (Å²) in [6.45, 7) is 1.63. The van der Waals surface area contributed by atoms with Gasteiger partial charge < -0.3 is 5.11 Å². The molecule has 2 heteroatoms. The van der Waals surface area contributed by atoms with E-state index < -0.39 is 0 Å². The summed E-state index contributed by atoms with van der Waals surface area (Å²) in [6, 6.07) is 42.1. The summed E-state index contributed by atoms with van der Waals surface area (Å²) >= 11 is 0. The lowest BCUT2D eigenvalue weighted by atomic mass is 9.84. The molecule has 0 aliphatic heterocycles. The van der Waals surface area contributed by atoms with E-state index in [9.17, 15) is 5.11 Å². The molecule has 156 valence electrons. The van der Waals surface area contributed by atoms with Crippen LogP contribution >= 0.6 is 0 Å². The van der Waals surface area contributed by atoms with Gasteiger partial charge in [-0.25, -0.2) is 0 Å². The Bertz CT molecular complexity index is 938. The monoisotopic (exact) mass is 407 g/mol. The van der Waals surface area contributed by atoms with E-state index in [0.29, 0.717) is 0 Å². The van der Waals surface area contributed by atoms with Crippen molar-refractivity contribution in [3.63, 3.8) is 0 Å². The van der Waals surface area contributed by atoms with Crippen LogP contribution in [-0.4, -0.2) is 22.7 Å². The van der Waals surface area contributed by atoms with E-state index in [-0.39, 0.29) is 18.6 Å². The zero-order valence-electron chi connectivity index (χ0n) is 17.7. The van der Waals surface area contributed by atoms with Gasteiger partial charge in [-0.15, -0.1) is 0 Å². The summed E-state index contributed by atoms with van der Waals surface area (Å²) in [6.07, 6.45) is 0. The SMILES string of the molecule is OC[C@H](C(c1ccccc1)c1ccccc1)N(Cc1ccccc1)Cc1ccccc1. The molecule has 2 nitrogen and oxygen atoms in total. The molecule has 4 aromatic rings. The van der Waals surface area contributed by atoms with Gasteiger partial charge in [0.1, 0.15) is 0 Å². The van der Waals surface area contributed by atoms with E-state index in [4.69, 9.17) is 0 Å². The van der Waals surface area contributed by atoms with Crippen LogP contribution in [0.1, 0.15) is 28.2 Å². The smallest absolute Gasteiger partial charge is 0.0596 e. The van der Waals surface area contributed by atoms with Gasteiger partial charge in [0.2, 0.25) is 0 Å². The number of aliphatic hydroxyl groups is 1. The van der Waals surface area contributed by atoms with E-state index in [1.807, 2.05) is 24.3 Å². The van der Waals surface area contributed by atoms with Crippen LogP contribution in [0, 0.1) is 0 Å². The first-order valence-electron chi connectivity index (χ1n) is 10.9. The van der Waals surface area contributed by atoms with Crippen molar-refractivity contribution in [1.82, 2.24) is 4.90 Å². The molecule has 0 saturated carbocycles. The van der Waals surface area contributed by atoms with Gasteiger partial charge in [0.25, 0.3) is 0 Å². The predicted octanol–water partition coefficient (Wildman–Crippen LogP) is 5.88. The first-order chi connectivity index (χ1) is 15.3. The Labute approximate surface area is 185 Å². The van der Waals surface area contributed by atoms with Gasteiger partial charge in [0.15, 0.2) is 0 Å². The maximum Gasteiger partial charge on any atom is 0.0596 e. The molecule has 31 heavy (non-hydrogen) atoms. The van der Waals surface area contributed by atoms with Crippen molar-refractivity contribution in [2.24, 2.45) is 0 Å². The lowest BCUT2D eigenvalue weighted by molar-refractivity contribution is 0.0980. The van der Waals surface area contributed by atoms with Crippen molar-refractivity contribution in [2.75, 3.05) is 6.61 Å². The Kier molecular flexibility index (Phi) is 7.28. The lowest BCUT2D eigenvalue weighted by Crippen LogP contribution is -2.42. The van der Waals surface area contributed by atoms with Crippen LogP contribution in [0.4, 0.5) is 0 Å². The second kappa shape index (κ2) is 10.7. The maximum absolute atomic E-state index is 10.7. The molecule has 0 aromatic heterocycles.